The van der Waals surface area contributed by atoms with Crippen LogP contribution in [-0.4, -0.2) is 6.18 Å². The molecule has 0 nitrogen and oxygen atoms in total. The standard InChI is InChI=1S/C33H16F10/c34-25-4-2-1-3-21(25)20-15-26(35)23(27(36)16-20)7-5-17-11-29(38)31(30(39)12-17)18-6-8-22-19(13-18)14-28(37)24(32(22)40)9-10-33(41,42)43/h1-4,6,8,11-16H,5,7H2. The predicted molar refractivity (Wildman–Crippen MR) is 141 cm³/mol. The number of alkyl halides is 3. The molecule has 0 saturated heterocycles. The zero-order chi connectivity index (χ0) is 31.1. The molecule has 0 aromatic heterocycles. The van der Waals surface area contributed by atoms with Gasteiger partial charge in [-0.1, -0.05) is 36.3 Å². The van der Waals surface area contributed by atoms with Gasteiger partial charge in [0.15, 0.2) is 0 Å². The van der Waals surface area contributed by atoms with Crippen molar-refractivity contribution in [3.63, 3.8) is 0 Å². The van der Waals surface area contributed by atoms with Crippen LogP contribution in [0, 0.1) is 52.6 Å². The number of hydrogen-bond acceptors (Lipinski definition) is 0. The molecule has 43 heavy (non-hydrogen) atoms. The molecule has 0 N–H and O–H groups in total. The molecule has 5 aromatic carbocycles. The van der Waals surface area contributed by atoms with Crippen LogP contribution in [0.15, 0.2) is 72.8 Å². The average molecular weight is 602 g/mol. The molecule has 0 heterocycles. The van der Waals surface area contributed by atoms with Crippen LogP contribution in [0.5, 0.6) is 0 Å². The van der Waals surface area contributed by atoms with E-state index >= 15 is 8.78 Å². The van der Waals surface area contributed by atoms with Crippen molar-refractivity contribution in [2.75, 3.05) is 0 Å². The summed E-state index contributed by atoms with van der Waals surface area (Å²) in [4.78, 5) is 0. The Labute approximate surface area is 238 Å². The lowest BCUT2D eigenvalue weighted by Gasteiger charge is -2.12. The molecular weight excluding hydrogens is 586 g/mol. The summed E-state index contributed by atoms with van der Waals surface area (Å²) >= 11 is 0. The van der Waals surface area contributed by atoms with Crippen molar-refractivity contribution in [3.8, 4) is 34.1 Å². The number of rotatable bonds is 5. The Hall–Kier alpha value is -4.78. The van der Waals surface area contributed by atoms with E-state index < -0.39 is 58.0 Å². The SMILES string of the molecule is Fc1ccccc1-c1cc(F)c(CCc2cc(F)c(-c3ccc4c(F)c(C#CC(F)(F)F)c(F)cc4c3)c(F)c2)c(F)c1. The van der Waals surface area contributed by atoms with E-state index in [0.717, 1.165) is 54.5 Å². The second-order valence-corrected chi connectivity index (χ2v) is 9.56. The minimum Gasteiger partial charge on any atom is -0.207 e. The van der Waals surface area contributed by atoms with Crippen LogP contribution < -0.4 is 0 Å². The molecule has 5 aromatic rings. The fourth-order valence-electron chi connectivity index (χ4n) is 4.74. The van der Waals surface area contributed by atoms with Gasteiger partial charge in [0.2, 0.25) is 0 Å². The van der Waals surface area contributed by atoms with Crippen LogP contribution in [-0.2, 0) is 12.8 Å². The smallest absolute Gasteiger partial charge is 0.207 e. The van der Waals surface area contributed by atoms with Crippen molar-refractivity contribution >= 4 is 10.8 Å². The lowest BCUT2D eigenvalue weighted by molar-refractivity contribution is -0.0696. The third-order valence-corrected chi connectivity index (χ3v) is 6.74. The van der Waals surface area contributed by atoms with Gasteiger partial charge in [0.1, 0.15) is 40.7 Å². The van der Waals surface area contributed by atoms with Gasteiger partial charge in [0.25, 0.3) is 0 Å². The van der Waals surface area contributed by atoms with Crippen LogP contribution in [0.2, 0.25) is 0 Å². The quantitative estimate of drug-likeness (QED) is 0.139. The van der Waals surface area contributed by atoms with Crippen molar-refractivity contribution in [3.05, 3.63) is 130 Å². The molecule has 0 unspecified atom stereocenters. The van der Waals surface area contributed by atoms with Gasteiger partial charge >= 0.3 is 6.18 Å². The van der Waals surface area contributed by atoms with E-state index in [4.69, 9.17) is 0 Å². The third kappa shape index (κ3) is 6.21. The number of fused-ring (bicyclic) bond motifs is 1. The van der Waals surface area contributed by atoms with Crippen LogP contribution in [0.4, 0.5) is 43.9 Å². The monoisotopic (exact) mass is 602 g/mol. The maximum Gasteiger partial charge on any atom is 0.458 e. The molecule has 0 atom stereocenters. The summed E-state index contributed by atoms with van der Waals surface area (Å²) in [5.41, 5.74) is -2.10. The van der Waals surface area contributed by atoms with E-state index in [2.05, 4.69) is 0 Å². The van der Waals surface area contributed by atoms with Crippen molar-refractivity contribution in [2.45, 2.75) is 19.0 Å². The molecule has 0 radical (unpaired) electrons. The van der Waals surface area contributed by atoms with Crippen molar-refractivity contribution in [1.82, 2.24) is 0 Å². The highest BCUT2D eigenvalue weighted by Crippen LogP contribution is 2.33. The highest BCUT2D eigenvalue weighted by atomic mass is 19.4. The molecule has 0 aliphatic rings. The number of halogens is 10. The van der Waals surface area contributed by atoms with Crippen LogP contribution >= 0.6 is 0 Å². The number of hydrogen-bond donors (Lipinski definition) is 0. The van der Waals surface area contributed by atoms with Crippen molar-refractivity contribution in [2.24, 2.45) is 0 Å². The molecule has 0 aliphatic carbocycles. The molecule has 0 bridgehead atoms. The second kappa shape index (κ2) is 11.5. The van der Waals surface area contributed by atoms with E-state index in [1.165, 1.54) is 24.1 Å². The first-order valence-corrected chi connectivity index (χ1v) is 12.5. The average Bonchev–Trinajstić information content (AvgIpc) is 2.91. The molecule has 5 rings (SSSR count). The molecule has 10 heteroatoms. The van der Waals surface area contributed by atoms with Gasteiger partial charge in [-0.15, -0.1) is 0 Å². The Balaban J connectivity index is 1.41. The lowest BCUT2D eigenvalue weighted by atomic mass is 9.95. The van der Waals surface area contributed by atoms with Crippen LogP contribution in [0.25, 0.3) is 33.0 Å². The first-order chi connectivity index (χ1) is 20.3. The van der Waals surface area contributed by atoms with Gasteiger partial charge in [-0.05, 0) is 77.4 Å². The largest absolute Gasteiger partial charge is 0.458 e. The maximum atomic E-state index is 15.1. The zero-order valence-electron chi connectivity index (χ0n) is 21.6. The van der Waals surface area contributed by atoms with Gasteiger partial charge in [-0.25, -0.2) is 30.7 Å². The van der Waals surface area contributed by atoms with Crippen molar-refractivity contribution in [1.29, 1.82) is 0 Å². The van der Waals surface area contributed by atoms with E-state index in [0.29, 0.717) is 6.07 Å². The van der Waals surface area contributed by atoms with Gasteiger partial charge < -0.3 is 0 Å². The van der Waals surface area contributed by atoms with E-state index in [-0.39, 0.29) is 51.4 Å². The maximum absolute atomic E-state index is 15.1. The highest BCUT2D eigenvalue weighted by molar-refractivity contribution is 5.89. The molecule has 0 amide bonds. The van der Waals surface area contributed by atoms with Gasteiger partial charge in [0, 0.05) is 22.4 Å². The predicted octanol–water partition coefficient (Wildman–Crippen LogP) is 9.85. The summed E-state index contributed by atoms with van der Waals surface area (Å²) in [6.45, 7) is 0. The summed E-state index contributed by atoms with van der Waals surface area (Å²) in [6, 6.07) is 13.2. The summed E-state index contributed by atoms with van der Waals surface area (Å²) in [7, 11) is 0. The summed E-state index contributed by atoms with van der Waals surface area (Å²) in [5.74, 6) is -5.27. The fraction of sp³-hybridized carbons (Fsp3) is 0.0909. The Morgan fingerprint density at radius 3 is 1.86 bits per heavy atom. The summed E-state index contributed by atoms with van der Waals surface area (Å²) < 4.78 is 140. The van der Waals surface area contributed by atoms with Crippen LogP contribution in [0.3, 0.4) is 0 Å². The van der Waals surface area contributed by atoms with E-state index in [1.54, 1.807) is 0 Å². The number of aryl methyl sites for hydroxylation is 1. The van der Waals surface area contributed by atoms with Gasteiger partial charge in [-0.2, -0.15) is 13.2 Å². The summed E-state index contributed by atoms with van der Waals surface area (Å²) in [5, 5.41) is -0.503. The molecular formula is C33H16F10. The molecule has 0 saturated carbocycles. The molecule has 0 aliphatic heterocycles. The topological polar surface area (TPSA) is 0 Å². The second-order valence-electron chi connectivity index (χ2n) is 9.56. The third-order valence-electron chi connectivity index (χ3n) is 6.74. The molecule has 0 fully saturated rings. The van der Waals surface area contributed by atoms with Crippen molar-refractivity contribution < 1.29 is 43.9 Å². The fourth-order valence-corrected chi connectivity index (χ4v) is 4.74. The first kappa shape index (κ1) is 29.7. The number of benzene rings is 5. The van der Waals surface area contributed by atoms with E-state index in [9.17, 15) is 35.1 Å². The van der Waals surface area contributed by atoms with Gasteiger partial charge in [-0.3, -0.25) is 0 Å². The van der Waals surface area contributed by atoms with Crippen LogP contribution in [0.1, 0.15) is 16.7 Å². The Morgan fingerprint density at radius 2 is 1.23 bits per heavy atom. The Bertz CT molecular complexity index is 1900. The highest BCUT2D eigenvalue weighted by Gasteiger charge is 2.24. The van der Waals surface area contributed by atoms with E-state index in [1.807, 2.05) is 0 Å². The lowest BCUT2D eigenvalue weighted by Crippen LogP contribution is -2.03. The molecule has 0 spiro atoms. The first-order valence-electron chi connectivity index (χ1n) is 12.5. The molecule has 218 valence electrons. The minimum absolute atomic E-state index is 0.00122. The Kier molecular flexibility index (Phi) is 7.93. The van der Waals surface area contributed by atoms with Gasteiger partial charge in [0.05, 0.1) is 11.1 Å². The normalized spacial score (nSPS) is 11.5. The Morgan fingerprint density at radius 1 is 0.581 bits per heavy atom. The minimum atomic E-state index is -4.98. The summed E-state index contributed by atoms with van der Waals surface area (Å²) in [6.07, 6.45) is -5.42. The zero-order valence-corrected chi connectivity index (χ0v) is 21.6.